The van der Waals surface area contributed by atoms with Gasteiger partial charge in [0.2, 0.25) is 0 Å². The van der Waals surface area contributed by atoms with E-state index in [0.717, 1.165) is 0 Å². The van der Waals surface area contributed by atoms with Gasteiger partial charge in [0, 0.05) is 5.02 Å². The summed E-state index contributed by atoms with van der Waals surface area (Å²) in [5, 5.41) is 13.9. The van der Waals surface area contributed by atoms with E-state index in [0.29, 0.717) is 21.3 Å². The van der Waals surface area contributed by atoms with E-state index in [1.165, 1.54) is 37.5 Å². The SMILES string of the molecule is COc1ccc(Cl)cc1C(=O)O[C@@H](C)C(=O)Nc1sccc1C#N. The van der Waals surface area contributed by atoms with Crippen molar-refractivity contribution in [2.24, 2.45) is 0 Å². The number of ether oxygens (including phenoxy) is 2. The van der Waals surface area contributed by atoms with Gasteiger partial charge in [0.05, 0.1) is 12.7 Å². The molecule has 1 aromatic heterocycles. The van der Waals surface area contributed by atoms with E-state index in [4.69, 9.17) is 26.3 Å². The molecule has 124 valence electrons. The van der Waals surface area contributed by atoms with Crippen molar-refractivity contribution in [3.8, 4) is 11.8 Å². The van der Waals surface area contributed by atoms with Crippen LogP contribution < -0.4 is 10.1 Å². The molecule has 0 spiro atoms. The zero-order valence-corrected chi connectivity index (χ0v) is 14.4. The molecule has 0 radical (unpaired) electrons. The zero-order valence-electron chi connectivity index (χ0n) is 12.8. The molecule has 0 unspecified atom stereocenters. The summed E-state index contributed by atoms with van der Waals surface area (Å²) in [4.78, 5) is 24.3. The molecule has 1 heterocycles. The number of rotatable bonds is 5. The van der Waals surface area contributed by atoms with Crippen LogP contribution in [0.1, 0.15) is 22.8 Å². The van der Waals surface area contributed by atoms with Crippen molar-refractivity contribution in [1.29, 1.82) is 5.26 Å². The van der Waals surface area contributed by atoms with Gasteiger partial charge in [-0.25, -0.2) is 4.79 Å². The van der Waals surface area contributed by atoms with Crippen molar-refractivity contribution < 1.29 is 19.1 Å². The largest absolute Gasteiger partial charge is 0.496 e. The van der Waals surface area contributed by atoms with Gasteiger partial charge in [0.1, 0.15) is 22.4 Å². The first-order chi connectivity index (χ1) is 11.5. The minimum absolute atomic E-state index is 0.124. The Kier molecular flexibility index (Phi) is 5.79. The molecule has 0 aliphatic rings. The van der Waals surface area contributed by atoms with Gasteiger partial charge < -0.3 is 14.8 Å². The average Bonchev–Trinajstić information content (AvgIpc) is 3.01. The molecule has 24 heavy (non-hydrogen) atoms. The predicted molar refractivity (Wildman–Crippen MR) is 90.5 cm³/mol. The lowest BCUT2D eigenvalue weighted by molar-refractivity contribution is -0.123. The predicted octanol–water partition coefficient (Wildman–Crippen LogP) is 3.47. The van der Waals surface area contributed by atoms with Gasteiger partial charge in [-0.15, -0.1) is 11.3 Å². The van der Waals surface area contributed by atoms with Crippen LogP contribution in [0.15, 0.2) is 29.6 Å². The van der Waals surface area contributed by atoms with Crippen LogP contribution >= 0.6 is 22.9 Å². The van der Waals surface area contributed by atoms with E-state index in [-0.39, 0.29) is 5.56 Å². The van der Waals surface area contributed by atoms with E-state index < -0.39 is 18.0 Å². The van der Waals surface area contributed by atoms with Gasteiger partial charge in [0.25, 0.3) is 5.91 Å². The van der Waals surface area contributed by atoms with Crippen LogP contribution in [0, 0.1) is 11.3 Å². The number of amides is 1. The summed E-state index contributed by atoms with van der Waals surface area (Å²) in [6, 6.07) is 8.07. The molecule has 0 fully saturated rings. The summed E-state index contributed by atoms with van der Waals surface area (Å²) in [6.07, 6.45) is -1.06. The normalized spacial score (nSPS) is 11.2. The molecule has 2 aromatic rings. The number of hydrogen-bond acceptors (Lipinski definition) is 6. The van der Waals surface area contributed by atoms with E-state index in [1.54, 1.807) is 17.5 Å². The first kappa shape index (κ1) is 17.8. The highest BCUT2D eigenvalue weighted by molar-refractivity contribution is 7.14. The second-order valence-electron chi connectivity index (χ2n) is 4.66. The molecule has 8 heteroatoms. The van der Waals surface area contributed by atoms with Crippen LogP contribution in [0.2, 0.25) is 5.02 Å². The summed E-state index contributed by atoms with van der Waals surface area (Å²) in [5.74, 6) is -0.978. The van der Waals surface area contributed by atoms with Crippen LogP contribution in [-0.4, -0.2) is 25.1 Å². The average molecular weight is 365 g/mol. The number of halogens is 1. The molecule has 2 rings (SSSR count). The minimum atomic E-state index is -1.06. The Bertz CT molecular complexity index is 813. The number of hydrogen-bond donors (Lipinski definition) is 1. The van der Waals surface area contributed by atoms with Crippen LogP contribution in [0.25, 0.3) is 0 Å². The summed E-state index contributed by atoms with van der Waals surface area (Å²) in [7, 11) is 1.41. The molecule has 0 aliphatic heterocycles. The van der Waals surface area contributed by atoms with Crippen molar-refractivity contribution >= 4 is 39.8 Å². The lowest BCUT2D eigenvalue weighted by atomic mass is 10.2. The molecule has 1 aromatic carbocycles. The maximum atomic E-state index is 12.2. The third kappa shape index (κ3) is 4.04. The second kappa shape index (κ2) is 7.81. The van der Waals surface area contributed by atoms with Gasteiger partial charge in [-0.3, -0.25) is 4.79 Å². The quantitative estimate of drug-likeness (QED) is 0.820. The van der Waals surface area contributed by atoms with Crippen LogP contribution in [0.5, 0.6) is 5.75 Å². The number of nitriles is 1. The fourth-order valence-electron chi connectivity index (χ4n) is 1.82. The first-order valence-corrected chi connectivity index (χ1v) is 8.05. The molecule has 0 aliphatic carbocycles. The van der Waals surface area contributed by atoms with E-state index in [2.05, 4.69) is 5.32 Å². The summed E-state index contributed by atoms with van der Waals surface area (Å²) in [6.45, 7) is 1.43. The van der Waals surface area contributed by atoms with Gasteiger partial charge in [-0.05, 0) is 36.6 Å². The summed E-state index contributed by atoms with van der Waals surface area (Å²) in [5.41, 5.74) is 0.474. The highest BCUT2D eigenvalue weighted by Gasteiger charge is 2.22. The number of thiophene rings is 1. The zero-order chi connectivity index (χ0) is 17.7. The maximum absolute atomic E-state index is 12.2. The molecular formula is C16H13ClN2O4S. The fourth-order valence-corrected chi connectivity index (χ4v) is 2.74. The number of carbonyl (C=O) groups is 2. The van der Waals surface area contributed by atoms with E-state index >= 15 is 0 Å². The van der Waals surface area contributed by atoms with E-state index in [9.17, 15) is 9.59 Å². The number of nitrogens with one attached hydrogen (secondary N) is 1. The highest BCUT2D eigenvalue weighted by atomic mass is 35.5. The van der Waals surface area contributed by atoms with Gasteiger partial charge in [0.15, 0.2) is 6.10 Å². The third-order valence-electron chi connectivity index (χ3n) is 3.06. The number of esters is 1. The molecule has 6 nitrogen and oxygen atoms in total. The molecule has 0 bridgehead atoms. The van der Waals surface area contributed by atoms with Gasteiger partial charge >= 0.3 is 5.97 Å². The Labute approximate surface area is 147 Å². The Morgan fingerprint density at radius 3 is 2.79 bits per heavy atom. The Balaban J connectivity index is 2.07. The standard InChI is InChI=1S/C16H13ClN2O4S/c1-9(14(20)19-15-10(8-18)5-6-24-15)23-16(21)12-7-11(17)3-4-13(12)22-2/h3-7,9H,1-2H3,(H,19,20)/t9-/m0/s1. The van der Waals surface area contributed by atoms with Crippen molar-refractivity contribution in [3.05, 3.63) is 45.8 Å². The lowest BCUT2D eigenvalue weighted by Gasteiger charge is -2.14. The topological polar surface area (TPSA) is 88.4 Å². The first-order valence-electron chi connectivity index (χ1n) is 6.79. The third-order valence-corrected chi connectivity index (χ3v) is 4.12. The van der Waals surface area contributed by atoms with Gasteiger partial charge in [-0.2, -0.15) is 5.26 Å². The molecule has 0 saturated carbocycles. The second-order valence-corrected chi connectivity index (χ2v) is 6.01. The molecular weight excluding hydrogens is 352 g/mol. The van der Waals surface area contributed by atoms with Crippen LogP contribution in [0.4, 0.5) is 5.00 Å². The number of methoxy groups -OCH3 is 1. The van der Waals surface area contributed by atoms with Gasteiger partial charge in [-0.1, -0.05) is 11.6 Å². The number of benzene rings is 1. The molecule has 1 N–H and O–H groups in total. The van der Waals surface area contributed by atoms with Crippen molar-refractivity contribution in [1.82, 2.24) is 0 Å². The number of anilines is 1. The van der Waals surface area contributed by atoms with Crippen LogP contribution in [0.3, 0.4) is 0 Å². The summed E-state index contributed by atoms with van der Waals surface area (Å²) >= 11 is 7.08. The molecule has 1 amide bonds. The lowest BCUT2D eigenvalue weighted by Crippen LogP contribution is -2.30. The minimum Gasteiger partial charge on any atom is -0.496 e. The molecule has 1 atom stereocenters. The van der Waals surface area contributed by atoms with Crippen molar-refractivity contribution in [3.63, 3.8) is 0 Å². The van der Waals surface area contributed by atoms with Crippen LogP contribution in [-0.2, 0) is 9.53 Å². The summed E-state index contributed by atoms with van der Waals surface area (Å²) < 4.78 is 10.2. The molecule has 0 saturated heterocycles. The highest BCUT2D eigenvalue weighted by Crippen LogP contribution is 2.25. The number of nitrogens with zero attached hydrogens (tertiary/aromatic N) is 1. The Morgan fingerprint density at radius 2 is 2.12 bits per heavy atom. The number of carbonyl (C=O) groups excluding carboxylic acids is 2. The Morgan fingerprint density at radius 1 is 1.38 bits per heavy atom. The smallest absolute Gasteiger partial charge is 0.342 e. The maximum Gasteiger partial charge on any atom is 0.342 e. The van der Waals surface area contributed by atoms with Crippen molar-refractivity contribution in [2.75, 3.05) is 12.4 Å². The monoisotopic (exact) mass is 364 g/mol. The fraction of sp³-hybridized carbons (Fsp3) is 0.188. The Hall–Kier alpha value is -2.56. The van der Waals surface area contributed by atoms with E-state index in [1.807, 2.05) is 6.07 Å². The van der Waals surface area contributed by atoms with Crippen molar-refractivity contribution in [2.45, 2.75) is 13.0 Å².